The number of benzene rings is 1. The van der Waals surface area contributed by atoms with Crippen LogP contribution in [0.4, 0.5) is 0 Å². The fraction of sp³-hybridized carbons (Fsp3) is 0.650. The minimum Gasteiger partial charge on any atom is -0.382 e. The molecule has 1 fully saturated rings. The van der Waals surface area contributed by atoms with Crippen molar-refractivity contribution in [2.45, 2.75) is 18.6 Å². The summed E-state index contributed by atoms with van der Waals surface area (Å²) in [6.07, 6.45) is 0.931. The van der Waals surface area contributed by atoms with E-state index < -0.39 is 0 Å². The van der Waals surface area contributed by atoms with E-state index in [1.165, 1.54) is 0 Å². The number of carbonyl (C=O) groups is 1. The number of amides is 1. The average Bonchev–Trinajstić information content (AvgIpc) is 3.17. The quantitative estimate of drug-likeness (QED) is 0.520. The van der Waals surface area contributed by atoms with Crippen LogP contribution < -0.4 is 5.32 Å². The predicted molar refractivity (Wildman–Crippen MR) is 103 cm³/mol. The maximum atomic E-state index is 12.8. The van der Waals surface area contributed by atoms with Crippen LogP contribution in [-0.4, -0.2) is 83.8 Å². The van der Waals surface area contributed by atoms with Gasteiger partial charge in [-0.3, -0.25) is 4.79 Å². The third-order valence-corrected chi connectivity index (χ3v) is 4.51. The van der Waals surface area contributed by atoms with Crippen LogP contribution in [0.15, 0.2) is 30.3 Å². The highest BCUT2D eigenvalue weighted by Crippen LogP contribution is 2.20. The Morgan fingerprint density at radius 3 is 2.44 bits per heavy atom. The van der Waals surface area contributed by atoms with Crippen molar-refractivity contribution in [3.05, 3.63) is 35.9 Å². The molecule has 1 aliphatic heterocycles. The SMILES string of the molecule is CN[C@H](C(=O)N1CC[C@H](OCCOCCOCCOC)C1)c1ccccc1. The highest BCUT2D eigenvalue weighted by Gasteiger charge is 2.31. The molecule has 7 heteroatoms. The van der Waals surface area contributed by atoms with Crippen molar-refractivity contribution in [3.8, 4) is 0 Å². The number of rotatable bonds is 13. The van der Waals surface area contributed by atoms with Gasteiger partial charge < -0.3 is 29.2 Å². The number of methoxy groups -OCH3 is 1. The first-order valence-electron chi connectivity index (χ1n) is 9.53. The van der Waals surface area contributed by atoms with E-state index in [0.29, 0.717) is 46.2 Å². The summed E-state index contributed by atoms with van der Waals surface area (Å²) >= 11 is 0. The Bertz CT molecular complexity index is 528. The van der Waals surface area contributed by atoms with E-state index >= 15 is 0 Å². The van der Waals surface area contributed by atoms with E-state index in [0.717, 1.165) is 18.5 Å². The number of ether oxygens (including phenoxy) is 4. The van der Waals surface area contributed by atoms with Crippen LogP contribution in [0.3, 0.4) is 0 Å². The Balaban J connectivity index is 1.61. The number of hydrogen-bond donors (Lipinski definition) is 1. The predicted octanol–water partition coefficient (Wildman–Crippen LogP) is 1.24. The first-order chi connectivity index (χ1) is 13.3. The molecule has 1 saturated heterocycles. The summed E-state index contributed by atoms with van der Waals surface area (Å²) in [5, 5.41) is 3.12. The van der Waals surface area contributed by atoms with Crippen molar-refractivity contribution in [3.63, 3.8) is 0 Å². The molecule has 1 amide bonds. The Labute approximate surface area is 161 Å². The Morgan fingerprint density at radius 2 is 1.78 bits per heavy atom. The largest absolute Gasteiger partial charge is 0.382 e. The number of carbonyl (C=O) groups excluding carboxylic acids is 1. The lowest BCUT2D eigenvalue weighted by atomic mass is 10.1. The fourth-order valence-corrected chi connectivity index (χ4v) is 3.06. The molecule has 0 radical (unpaired) electrons. The minimum absolute atomic E-state index is 0.0729. The zero-order valence-corrected chi connectivity index (χ0v) is 16.4. The number of likely N-dealkylation sites (N-methyl/N-ethyl adjacent to an activating group) is 1. The molecule has 27 heavy (non-hydrogen) atoms. The van der Waals surface area contributed by atoms with Gasteiger partial charge in [-0.05, 0) is 19.0 Å². The molecule has 0 bridgehead atoms. The van der Waals surface area contributed by atoms with Crippen molar-refractivity contribution < 1.29 is 23.7 Å². The third-order valence-electron chi connectivity index (χ3n) is 4.51. The molecule has 0 saturated carbocycles. The molecule has 0 spiro atoms. The molecule has 1 aromatic carbocycles. The third kappa shape index (κ3) is 7.56. The number of likely N-dealkylation sites (tertiary alicyclic amines) is 1. The van der Waals surface area contributed by atoms with Crippen LogP contribution in [-0.2, 0) is 23.7 Å². The smallest absolute Gasteiger partial charge is 0.244 e. The van der Waals surface area contributed by atoms with E-state index in [4.69, 9.17) is 18.9 Å². The average molecular weight is 380 g/mol. The Kier molecular flexibility index (Phi) is 10.3. The maximum absolute atomic E-state index is 12.8. The number of nitrogens with zero attached hydrogens (tertiary/aromatic N) is 1. The van der Waals surface area contributed by atoms with Gasteiger partial charge in [-0.1, -0.05) is 30.3 Å². The van der Waals surface area contributed by atoms with Gasteiger partial charge in [-0.25, -0.2) is 0 Å². The van der Waals surface area contributed by atoms with Gasteiger partial charge in [-0.2, -0.15) is 0 Å². The molecule has 0 unspecified atom stereocenters. The van der Waals surface area contributed by atoms with Gasteiger partial charge in [-0.15, -0.1) is 0 Å². The van der Waals surface area contributed by atoms with Crippen LogP contribution in [0.1, 0.15) is 18.0 Å². The van der Waals surface area contributed by atoms with Crippen molar-refractivity contribution >= 4 is 5.91 Å². The molecule has 2 atom stereocenters. The van der Waals surface area contributed by atoms with Crippen LogP contribution in [0.2, 0.25) is 0 Å². The van der Waals surface area contributed by atoms with E-state index in [1.54, 1.807) is 7.11 Å². The van der Waals surface area contributed by atoms with Gasteiger partial charge in [0.25, 0.3) is 0 Å². The lowest BCUT2D eigenvalue weighted by molar-refractivity contribution is -0.133. The molecule has 0 aromatic heterocycles. The van der Waals surface area contributed by atoms with E-state index in [1.807, 2.05) is 42.3 Å². The molecule has 1 aromatic rings. The normalized spacial score (nSPS) is 18.0. The molecule has 0 aliphatic carbocycles. The Hall–Kier alpha value is -1.51. The minimum atomic E-state index is -0.314. The zero-order chi connectivity index (χ0) is 19.3. The molecule has 1 heterocycles. The standard InChI is InChI=1S/C20H32N2O5/c1-21-19(17-6-4-3-5-7-17)20(23)22-9-8-18(16-22)27-15-14-26-13-12-25-11-10-24-2/h3-7,18-19,21H,8-16H2,1-2H3/t18-,19-/m0/s1. The van der Waals surface area contributed by atoms with Gasteiger partial charge in [0, 0.05) is 20.2 Å². The molecule has 1 aliphatic rings. The molecular formula is C20H32N2O5. The molecule has 152 valence electrons. The summed E-state index contributed by atoms with van der Waals surface area (Å²) < 4.78 is 21.5. The van der Waals surface area contributed by atoms with Gasteiger partial charge >= 0.3 is 0 Å². The second kappa shape index (κ2) is 12.8. The maximum Gasteiger partial charge on any atom is 0.244 e. The van der Waals surface area contributed by atoms with Gasteiger partial charge in [0.2, 0.25) is 5.91 Å². The lowest BCUT2D eigenvalue weighted by Crippen LogP contribution is -2.39. The van der Waals surface area contributed by atoms with E-state index in [9.17, 15) is 4.79 Å². The number of hydrogen-bond acceptors (Lipinski definition) is 6. The van der Waals surface area contributed by atoms with Gasteiger partial charge in [0.1, 0.15) is 6.04 Å². The van der Waals surface area contributed by atoms with E-state index in [2.05, 4.69) is 5.32 Å². The van der Waals surface area contributed by atoms with Crippen molar-refractivity contribution in [2.24, 2.45) is 0 Å². The highest BCUT2D eigenvalue weighted by atomic mass is 16.6. The summed E-state index contributed by atoms with van der Waals surface area (Å²) in [6.45, 7) is 4.69. The topological polar surface area (TPSA) is 69.3 Å². The molecule has 2 rings (SSSR count). The zero-order valence-electron chi connectivity index (χ0n) is 16.4. The number of nitrogens with one attached hydrogen (secondary N) is 1. The van der Waals surface area contributed by atoms with Gasteiger partial charge in [0.05, 0.1) is 45.7 Å². The van der Waals surface area contributed by atoms with Gasteiger partial charge in [0.15, 0.2) is 0 Å². The van der Waals surface area contributed by atoms with Crippen LogP contribution in [0.5, 0.6) is 0 Å². The molecule has 1 N–H and O–H groups in total. The van der Waals surface area contributed by atoms with E-state index in [-0.39, 0.29) is 18.1 Å². The second-order valence-electron chi connectivity index (χ2n) is 6.42. The van der Waals surface area contributed by atoms with Crippen molar-refractivity contribution in [1.29, 1.82) is 0 Å². The molecule has 7 nitrogen and oxygen atoms in total. The highest BCUT2D eigenvalue weighted by molar-refractivity contribution is 5.83. The van der Waals surface area contributed by atoms with Crippen molar-refractivity contribution in [2.75, 3.05) is 66.9 Å². The first kappa shape index (κ1) is 21.8. The summed E-state index contributed by atoms with van der Waals surface area (Å²) in [7, 11) is 3.46. The summed E-state index contributed by atoms with van der Waals surface area (Å²) in [5.74, 6) is 0.0965. The van der Waals surface area contributed by atoms with Crippen LogP contribution in [0, 0.1) is 0 Å². The monoisotopic (exact) mass is 380 g/mol. The lowest BCUT2D eigenvalue weighted by Gasteiger charge is -2.23. The summed E-state index contributed by atoms with van der Waals surface area (Å²) in [6, 6.07) is 9.48. The van der Waals surface area contributed by atoms with Crippen LogP contribution in [0.25, 0.3) is 0 Å². The Morgan fingerprint density at radius 1 is 1.11 bits per heavy atom. The fourth-order valence-electron chi connectivity index (χ4n) is 3.06. The van der Waals surface area contributed by atoms with Crippen molar-refractivity contribution in [1.82, 2.24) is 10.2 Å². The first-order valence-corrected chi connectivity index (χ1v) is 9.53. The molecular weight excluding hydrogens is 348 g/mol. The summed E-state index contributed by atoms with van der Waals surface area (Å²) in [4.78, 5) is 14.7. The second-order valence-corrected chi connectivity index (χ2v) is 6.42. The summed E-state index contributed by atoms with van der Waals surface area (Å²) in [5.41, 5.74) is 0.982. The van der Waals surface area contributed by atoms with Crippen LogP contribution >= 0.6 is 0 Å².